The lowest BCUT2D eigenvalue weighted by atomic mass is 10.1. The summed E-state index contributed by atoms with van der Waals surface area (Å²) in [4.78, 5) is 2.70. The molecular weight excluding hydrogens is 256 g/mol. The Labute approximate surface area is 103 Å². The molecule has 1 N–H and O–H groups in total. The molecule has 0 aliphatic rings. The van der Waals surface area contributed by atoms with E-state index in [0.29, 0.717) is 5.39 Å². The van der Waals surface area contributed by atoms with Gasteiger partial charge in [0.2, 0.25) is 11.1 Å². The first-order valence-corrected chi connectivity index (χ1v) is 6.32. The van der Waals surface area contributed by atoms with Crippen LogP contribution in [0.4, 0.5) is 5.69 Å². The molecule has 0 saturated carbocycles. The first kappa shape index (κ1) is 12.3. The quantitative estimate of drug-likeness (QED) is 0.664. The number of phenols is 1. The van der Waals surface area contributed by atoms with Crippen molar-refractivity contribution in [2.45, 2.75) is 4.90 Å². The highest BCUT2D eigenvalue weighted by molar-refractivity contribution is 7.87. The molecule has 2 aromatic carbocycles. The Kier molecular flexibility index (Phi) is 2.90. The number of rotatable bonds is 2. The van der Waals surface area contributed by atoms with Crippen molar-refractivity contribution >= 4 is 26.6 Å². The molecule has 0 fully saturated rings. The molecule has 0 unspecified atom stereocenters. The number of nitrogens with zero attached hydrogens (tertiary/aromatic N) is 2. The Morgan fingerprint density at radius 2 is 1.89 bits per heavy atom. The molecule has 7 heteroatoms. The molecule has 0 aliphatic carbocycles. The van der Waals surface area contributed by atoms with E-state index in [2.05, 4.69) is 9.16 Å². The van der Waals surface area contributed by atoms with Crippen LogP contribution in [0.25, 0.3) is 15.7 Å². The summed E-state index contributed by atoms with van der Waals surface area (Å²) in [5.41, 5.74) is -0.232. The molecule has 2 aromatic rings. The zero-order chi connectivity index (χ0) is 13.3. The van der Waals surface area contributed by atoms with Crippen LogP contribution in [0.3, 0.4) is 0 Å². The van der Waals surface area contributed by atoms with Crippen molar-refractivity contribution in [3.05, 3.63) is 35.3 Å². The van der Waals surface area contributed by atoms with Crippen molar-refractivity contribution in [3.8, 4) is 5.75 Å². The molecule has 0 heterocycles. The Morgan fingerprint density at radius 3 is 2.44 bits per heavy atom. The van der Waals surface area contributed by atoms with E-state index in [4.69, 9.17) is 5.39 Å². The minimum atomic E-state index is -3.96. The second-order valence-electron chi connectivity index (χ2n) is 3.51. The van der Waals surface area contributed by atoms with Gasteiger partial charge in [-0.2, -0.15) is 8.42 Å². The van der Waals surface area contributed by atoms with Crippen molar-refractivity contribution in [1.29, 1.82) is 5.39 Å². The normalized spacial score (nSPS) is 11.3. The lowest BCUT2D eigenvalue weighted by molar-refractivity contribution is 0.398. The summed E-state index contributed by atoms with van der Waals surface area (Å²) in [6.07, 6.45) is 0. The molecule has 92 valence electrons. The van der Waals surface area contributed by atoms with E-state index < -0.39 is 10.1 Å². The highest BCUT2D eigenvalue weighted by Crippen LogP contribution is 2.39. The van der Waals surface area contributed by atoms with Crippen LogP contribution in [0, 0.1) is 5.39 Å². The van der Waals surface area contributed by atoms with Gasteiger partial charge >= 0.3 is 5.69 Å². The number of hydrogen-bond acceptors (Lipinski definition) is 5. The van der Waals surface area contributed by atoms with Crippen LogP contribution < -0.4 is 0 Å². The lowest BCUT2D eigenvalue weighted by Crippen LogP contribution is -2.03. The first-order valence-electron chi connectivity index (χ1n) is 4.91. The number of diazo groups is 1. The monoisotopic (exact) mass is 265 g/mol. The fraction of sp³-hybridized carbons (Fsp3) is 0.0909. The first-order chi connectivity index (χ1) is 8.51. The van der Waals surface area contributed by atoms with Gasteiger partial charge in [0.1, 0.15) is 4.90 Å². The van der Waals surface area contributed by atoms with Gasteiger partial charge in [0.25, 0.3) is 10.1 Å². The molecule has 2 rings (SSSR count). The number of aromatic hydroxyl groups is 1. The molecule has 0 aromatic heterocycles. The Hall–Kier alpha value is -2.17. The topological polar surface area (TPSA) is 91.8 Å². The number of benzene rings is 2. The molecular formula is C11H9N2O4S+. The molecule has 0 saturated heterocycles. The summed E-state index contributed by atoms with van der Waals surface area (Å²) in [5, 5.41) is 19.2. The van der Waals surface area contributed by atoms with Crippen LogP contribution in [0.15, 0.2) is 35.2 Å². The highest BCUT2D eigenvalue weighted by atomic mass is 32.2. The van der Waals surface area contributed by atoms with E-state index in [1.54, 1.807) is 12.1 Å². The summed E-state index contributed by atoms with van der Waals surface area (Å²) in [6, 6.07) is 7.37. The molecule has 0 radical (unpaired) electrons. The summed E-state index contributed by atoms with van der Waals surface area (Å²) in [5.74, 6) is -0.289. The zero-order valence-electron chi connectivity index (χ0n) is 9.36. The third kappa shape index (κ3) is 1.77. The predicted molar refractivity (Wildman–Crippen MR) is 64.6 cm³/mol. The second-order valence-corrected chi connectivity index (χ2v) is 5.19. The smallest absolute Gasteiger partial charge is 0.428 e. The van der Waals surface area contributed by atoms with Gasteiger partial charge in [-0.1, -0.05) is 24.3 Å². The van der Waals surface area contributed by atoms with Gasteiger partial charge in [0.05, 0.1) is 13.2 Å². The van der Waals surface area contributed by atoms with E-state index in [-0.39, 0.29) is 21.7 Å². The largest absolute Gasteiger partial charge is 0.501 e. The van der Waals surface area contributed by atoms with Crippen LogP contribution in [-0.2, 0) is 14.3 Å². The minimum absolute atomic E-state index is 0.161. The fourth-order valence-corrected chi connectivity index (χ4v) is 2.57. The SMILES string of the molecule is COS(=O)(=O)c1cc([N+]#N)c(O)c2ccccc12. The zero-order valence-corrected chi connectivity index (χ0v) is 10.2. The van der Waals surface area contributed by atoms with Gasteiger partial charge in [0.15, 0.2) is 4.98 Å². The summed E-state index contributed by atoms with van der Waals surface area (Å²) < 4.78 is 28.0. The van der Waals surface area contributed by atoms with Gasteiger partial charge in [-0.05, 0) is 0 Å². The van der Waals surface area contributed by atoms with Crippen molar-refractivity contribution in [2.75, 3.05) is 7.11 Å². The van der Waals surface area contributed by atoms with Crippen LogP contribution in [0.5, 0.6) is 5.75 Å². The molecule has 0 bridgehead atoms. The van der Waals surface area contributed by atoms with Crippen molar-refractivity contribution in [1.82, 2.24) is 0 Å². The maximum Gasteiger partial charge on any atom is 0.428 e. The number of fused-ring (bicyclic) bond motifs is 1. The maximum absolute atomic E-state index is 11.8. The molecule has 6 nitrogen and oxygen atoms in total. The van der Waals surface area contributed by atoms with Crippen LogP contribution in [0.2, 0.25) is 0 Å². The van der Waals surface area contributed by atoms with Crippen molar-refractivity contribution in [2.24, 2.45) is 0 Å². The Balaban J connectivity index is 3.00. The van der Waals surface area contributed by atoms with Crippen LogP contribution in [-0.4, -0.2) is 20.6 Å². The van der Waals surface area contributed by atoms with E-state index in [1.165, 1.54) is 12.1 Å². The van der Waals surface area contributed by atoms with Crippen molar-refractivity contribution in [3.63, 3.8) is 0 Å². The molecule has 18 heavy (non-hydrogen) atoms. The van der Waals surface area contributed by atoms with Gasteiger partial charge < -0.3 is 5.11 Å². The third-order valence-corrected chi connectivity index (χ3v) is 3.87. The Morgan fingerprint density at radius 1 is 1.28 bits per heavy atom. The van der Waals surface area contributed by atoms with Gasteiger partial charge in [0, 0.05) is 10.8 Å². The van der Waals surface area contributed by atoms with E-state index in [1.807, 2.05) is 0 Å². The standard InChI is InChI=1S/C11H8N2O4S/c1-17-18(15,16)10-6-9(13-12)11(14)8-5-3-2-4-7(8)10/h2-6H,1H3/p+1. The lowest BCUT2D eigenvalue weighted by Gasteiger charge is -2.05. The van der Waals surface area contributed by atoms with Gasteiger partial charge in [-0.25, -0.2) is 0 Å². The average Bonchev–Trinajstić information content (AvgIpc) is 2.39. The highest BCUT2D eigenvalue weighted by Gasteiger charge is 2.26. The van der Waals surface area contributed by atoms with Gasteiger partial charge in [-0.15, -0.1) is 0 Å². The summed E-state index contributed by atoms with van der Waals surface area (Å²) in [6.45, 7) is 0. The summed E-state index contributed by atoms with van der Waals surface area (Å²) >= 11 is 0. The molecule has 0 spiro atoms. The summed E-state index contributed by atoms with van der Waals surface area (Å²) in [7, 11) is -2.92. The minimum Gasteiger partial charge on any atom is -0.501 e. The van der Waals surface area contributed by atoms with Crippen LogP contribution in [0.1, 0.15) is 0 Å². The predicted octanol–water partition coefficient (Wildman–Crippen LogP) is 2.37. The maximum atomic E-state index is 11.8. The molecule has 0 atom stereocenters. The molecule has 0 aliphatic heterocycles. The van der Waals surface area contributed by atoms with E-state index >= 15 is 0 Å². The average molecular weight is 265 g/mol. The number of phenolic OH excluding ortho intramolecular Hbond substituents is 1. The Bertz CT molecular complexity index is 762. The molecule has 0 amide bonds. The number of hydrogen-bond donors (Lipinski definition) is 1. The van der Waals surface area contributed by atoms with Gasteiger partial charge in [-0.3, -0.25) is 4.18 Å². The van der Waals surface area contributed by atoms with Crippen LogP contribution >= 0.6 is 0 Å². The van der Waals surface area contributed by atoms with Crippen molar-refractivity contribution < 1.29 is 17.7 Å². The third-order valence-electron chi connectivity index (χ3n) is 2.55. The van der Waals surface area contributed by atoms with E-state index in [9.17, 15) is 13.5 Å². The fourth-order valence-electron chi connectivity index (χ4n) is 1.69. The second kappa shape index (κ2) is 4.25. The van der Waals surface area contributed by atoms with E-state index in [0.717, 1.165) is 13.2 Å².